The third-order valence-electron chi connectivity index (χ3n) is 7.68. The first kappa shape index (κ1) is 17.2. The highest BCUT2D eigenvalue weighted by molar-refractivity contribution is 5.94. The first-order valence-corrected chi connectivity index (χ1v) is 10.7. The predicted octanol–water partition coefficient (Wildman–Crippen LogP) is 5.79. The lowest BCUT2D eigenvalue weighted by molar-refractivity contribution is -0.114. The van der Waals surface area contributed by atoms with Gasteiger partial charge >= 0.3 is 0 Å². The van der Waals surface area contributed by atoms with Crippen LogP contribution >= 0.6 is 0 Å². The highest BCUT2D eigenvalue weighted by Gasteiger charge is 2.46. The lowest BCUT2D eigenvalue weighted by atomic mass is 9.58. The molecule has 1 aromatic rings. The van der Waals surface area contributed by atoms with Gasteiger partial charge in [-0.2, -0.15) is 0 Å². The molecule has 0 heterocycles. The van der Waals surface area contributed by atoms with Crippen LogP contribution in [0.4, 0.5) is 0 Å². The van der Waals surface area contributed by atoms with Crippen molar-refractivity contribution >= 4 is 11.6 Å². The Morgan fingerprint density at radius 3 is 2.59 bits per heavy atom. The zero-order valence-electron chi connectivity index (χ0n) is 16.2. The molecule has 2 saturated carbocycles. The van der Waals surface area contributed by atoms with Gasteiger partial charge in [-0.1, -0.05) is 42.7 Å². The van der Waals surface area contributed by atoms with Crippen molar-refractivity contribution in [2.45, 2.75) is 64.2 Å². The molecule has 0 N–H and O–H groups in total. The zero-order chi connectivity index (χ0) is 18.5. The highest BCUT2D eigenvalue weighted by Crippen LogP contribution is 2.58. The second-order valence-electron chi connectivity index (χ2n) is 9.04. The van der Waals surface area contributed by atoms with Gasteiger partial charge in [-0.3, -0.25) is 9.59 Å². The molecule has 3 unspecified atom stereocenters. The van der Waals surface area contributed by atoms with E-state index >= 15 is 0 Å². The summed E-state index contributed by atoms with van der Waals surface area (Å²) in [5.41, 5.74) is 6.70. The van der Waals surface area contributed by atoms with E-state index in [9.17, 15) is 9.59 Å². The van der Waals surface area contributed by atoms with Crippen molar-refractivity contribution in [3.05, 3.63) is 58.2 Å². The van der Waals surface area contributed by atoms with Crippen molar-refractivity contribution in [1.82, 2.24) is 0 Å². The van der Waals surface area contributed by atoms with Crippen LogP contribution in [0.3, 0.4) is 0 Å². The topological polar surface area (TPSA) is 34.1 Å². The number of benzene rings is 1. The Morgan fingerprint density at radius 1 is 1.00 bits per heavy atom. The second kappa shape index (κ2) is 6.58. The van der Waals surface area contributed by atoms with E-state index in [2.05, 4.69) is 12.1 Å². The molecule has 5 rings (SSSR count). The van der Waals surface area contributed by atoms with E-state index in [0.717, 1.165) is 30.2 Å². The predicted molar refractivity (Wildman–Crippen MR) is 107 cm³/mol. The molecule has 4 atom stereocenters. The van der Waals surface area contributed by atoms with Crippen molar-refractivity contribution in [1.29, 1.82) is 0 Å². The number of fused-ring (bicyclic) bond motifs is 4. The van der Waals surface area contributed by atoms with E-state index in [1.807, 2.05) is 18.2 Å². The number of allylic oxidation sites excluding steroid dienone is 4. The van der Waals surface area contributed by atoms with Crippen LogP contribution < -0.4 is 0 Å². The maximum Gasteiger partial charge on any atom is 0.159 e. The molecule has 140 valence electrons. The summed E-state index contributed by atoms with van der Waals surface area (Å²) in [6.07, 6.45) is 11.3. The van der Waals surface area contributed by atoms with Gasteiger partial charge in [0.25, 0.3) is 0 Å². The summed E-state index contributed by atoms with van der Waals surface area (Å²) in [6.45, 7) is 1.64. The van der Waals surface area contributed by atoms with Gasteiger partial charge in [-0.15, -0.1) is 0 Å². The minimum absolute atomic E-state index is 0.134. The number of Topliss-reactive ketones (excluding diaryl/α,β-unsaturated/α-hetero) is 1. The Hall–Kier alpha value is -1.96. The van der Waals surface area contributed by atoms with Crippen LogP contribution in [-0.2, 0) is 4.79 Å². The average molecular weight is 360 g/mol. The number of hydrogen-bond acceptors (Lipinski definition) is 2. The molecule has 4 aliphatic rings. The smallest absolute Gasteiger partial charge is 0.159 e. The number of carbonyl (C=O) groups is 2. The van der Waals surface area contributed by atoms with E-state index < -0.39 is 0 Å². The van der Waals surface area contributed by atoms with Gasteiger partial charge in [-0.05, 0) is 79.6 Å². The number of carbonyl (C=O) groups excluding carboxylic acids is 2. The fraction of sp³-hybridized carbons (Fsp3) is 0.520. The zero-order valence-corrected chi connectivity index (χ0v) is 16.2. The Labute approximate surface area is 161 Å². The largest absolute Gasteiger partial charge is 0.295 e. The molecule has 0 radical (unpaired) electrons. The molecule has 0 bridgehead atoms. The van der Waals surface area contributed by atoms with E-state index in [1.54, 1.807) is 12.5 Å². The Bertz CT molecular complexity index is 855. The molecule has 0 saturated heterocycles. The van der Waals surface area contributed by atoms with Crippen molar-refractivity contribution in [2.75, 3.05) is 0 Å². The monoisotopic (exact) mass is 360 g/mol. The lowest BCUT2D eigenvalue weighted by Gasteiger charge is -2.46. The molecular weight excluding hydrogens is 332 g/mol. The Morgan fingerprint density at radius 2 is 1.81 bits per heavy atom. The normalized spacial score (nSPS) is 32.5. The minimum atomic E-state index is 0.134. The third-order valence-corrected chi connectivity index (χ3v) is 7.68. The van der Waals surface area contributed by atoms with Crippen LogP contribution in [0.15, 0.2) is 47.1 Å². The highest BCUT2D eigenvalue weighted by atomic mass is 16.1. The Balaban J connectivity index is 1.61. The molecule has 1 aromatic carbocycles. The number of rotatable bonds is 2. The van der Waals surface area contributed by atoms with Crippen LogP contribution in [0.25, 0.3) is 0 Å². The first-order valence-electron chi connectivity index (χ1n) is 10.7. The summed E-state index contributed by atoms with van der Waals surface area (Å²) >= 11 is 0. The maximum absolute atomic E-state index is 12.0. The fourth-order valence-electron chi connectivity index (χ4n) is 6.50. The van der Waals surface area contributed by atoms with Crippen LogP contribution in [0.1, 0.15) is 80.1 Å². The van der Waals surface area contributed by atoms with Gasteiger partial charge in [0, 0.05) is 17.9 Å². The van der Waals surface area contributed by atoms with Gasteiger partial charge in [-0.25, -0.2) is 0 Å². The van der Waals surface area contributed by atoms with E-state index in [1.165, 1.54) is 48.8 Å². The Kier molecular flexibility index (Phi) is 4.18. The van der Waals surface area contributed by atoms with E-state index in [-0.39, 0.29) is 5.78 Å². The molecule has 0 aromatic heterocycles. The summed E-state index contributed by atoms with van der Waals surface area (Å²) in [5.74, 6) is 3.35. The molecule has 0 amide bonds. The van der Waals surface area contributed by atoms with Gasteiger partial charge in [0.2, 0.25) is 0 Å². The maximum atomic E-state index is 12.0. The van der Waals surface area contributed by atoms with Crippen LogP contribution in [0.2, 0.25) is 0 Å². The number of hydrogen-bond donors (Lipinski definition) is 0. The first-order chi connectivity index (χ1) is 13.1. The summed E-state index contributed by atoms with van der Waals surface area (Å²) in [7, 11) is 0. The molecule has 2 nitrogen and oxygen atoms in total. The second-order valence-corrected chi connectivity index (χ2v) is 9.04. The molecular formula is C25H28O2. The van der Waals surface area contributed by atoms with Crippen LogP contribution in [-0.4, -0.2) is 11.6 Å². The van der Waals surface area contributed by atoms with Gasteiger partial charge in [0.05, 0.1) is 0 Å². The van der Waals surface area contributed by atoms with Gasteiger partial charge in [0.15, 0.2) is 11.6 Å². The quantitative estimate of drug-likeness (QED) is 0.626. The summed E-state index contributed by atoms with van der Waals surface area (Å²) in [4.78, 5) is 23.7. The van der Waals surface area contributed by atoms with Crippen LogP contribution in [0, 0.1) is 17.8 Å². The van der Waals surface area contributed by atoms with Gasteiger partial charge < -0.3 is 0 Å². The van der Waals surface area contributed by atoms with Crippen molar-refractivity contribution in [2.24, 2.45) is 17.8 Å². The van der Waals surface area contributed by atoms with Crippen molar-refractivity contribution in [3.63, 3.8) is 0 Å². The molecule has 0 aliphatic heterocycles. The molecule has 27 heavy (non-hydrogen) atoms. The summed E-state index contributed by atoms with van der Waals surface area (Å²) in [5, 5.41) is 0. The lowest BCUT2D eigenvalue weighted by Crippen LogP contribution is -2.35. The molecule has 2 heteroatoms. The average Bonchev–Trinajstić information content (AvgIpc) is 3.15. The van der Waals surface area contributed by atoms with Crippen molar-refractivity contribution < 1.29 is 9.59 Å². The SMILES string of the molecule is CC(=O)c1ccc([C@H]2CC3CCCC3C3CCC4=CC(=O)CCC4=C32)cc1. The molecule has 0 spiro atoms. The van der Waals surface area contributed by atoms with E-state index in [4.69, 9.17) is 0 Å². The number of ketones is 2. The fourth-order valence-corrected chi connectivity index (χ4v) is 6.50. The standard InChI is InChI=1S/C25H28O2/c1-15(26)16-5-7-17(8-6-16)24-14-18-3-2-4-21(18)23-11-9-19-13-20(27)10-12-22(19)25(23)24/h5-8,13,18,21,23-24H,2-4,9-12,14H2,1H3/t18?,21?,23?,24-/m1/s1. The third kappa shape index (κ3) is 2.85. The molecule has 2 fully saturated rings. The summed E-state index contributed by atoms with van der Waals surface area (Å²) < 4.78 is 0. The summed E-state index contributed by atoms with van der Waals surface area (Å²) in [6, 6.07) is 8.38. The van der Waals surface area contributed by atoms with Gasteiger partial charge in [0.1, 0.15) is 0 Å². The minimum Gasteiger partial charge on any atom is -0.295 e. The van der Waals surface area contributed by atoms with E-state index in [0.29, 0.717) is 24.0 Å². The van der Waals surface area contributed by atoms with Crippen molar-refractivity contribution in [3.8, 4) is 0 Å². The molecule has 4 aliphatic carbocycles. The van der Waals surface area contributed by atoms with Crippen LogP contribution in [0.5, 0.6) is 0 Å².